The molecule has 0 amide bonds. The molecule has 5 heteroatoms. The van der Waals surface area contributed by atoms with E-state index in [9.17, 15) is 0 Å². The monoisotopic (exact) mass is 740 g/mol. The highest BCUT2D eigenvalue weighted by atomic mass is 16.5. The summed E-state index contributed by atoms with van der Waals surface area (Å²) in [7, 11) is 0. The number of aromatic nitrogens is 4. The van der Waals surface area contributed by atoms with E-state index in [4.69, 9.17) is 14.7 Å². The minimum Gasteiger partial charge on any atom is -0.457 e. The Bertz CT molecular complexity index is 3140. The highest BCUT2D eigenvalue weighted by molar-refractivity contribution is 6.15. The number of aryl methyl sites for hydroxylation is 2. The standard InChI is InChI=1S/C52H44N4O/c1-31(2)36-19-14-20-37(32(3)4)51(36)47-30-54-52-42-29-48(43(50-33(5)15-13-16-34(50)6)28-41(42)39-18-8-10-22-45(39)56(47)52)57-35-24-25-40-38-17-7-9-21-44(38)55(46(40)27-35)49-23-11-12-26-53-49/h7-32H,1-6H3. The second-order valence-electron chi connectivity index (χ2n) is 15.9. The molecule has 278 valence electrons. The van der Waals surface area contributed by atoms with E-state index in [-0.39, 0.29) is 0 Å². The van der Waals surface area contributed by atoms with Gasteiger partial charge in [-0.25, -0.2) is 9.97 Å². The average Bonchev–Trinajstić information content (AvgIpc) is 3.81. The zero-order chi connectivity index (χ0) is 38.9. The van der Waals surface area contributed by atoms with Crippen molar-refractivity contribution < 1.29 is 4.74 Å². The first kappa shape index (κ1) is 34.7. The first-order chi connectivity index (χ1) is 27.8. The van der Waals surface area contributed by atoms with Crippen LogP contribution in [0, 0.1) is 13.8 Å². The molecule has 0 saturated heterocycles. The van der Waals surface area contributed by atoms with E-state index in [0.717, 1.165) is 66.9 Å². The molecule has 10 aromatic rings. The van der Waals surface area contributed by atoms with Gasteiger partial charge in [-0.15, -0.1) is 0 Å². The topological polar surface area (TPSA) is 44.4 Å². The van der Waals surface area contributed by atoms with E-state index in [1.165, 1.54) is 44.2 Å². The molecule has 0 unspecified atom stereocenters. The van der Waals surface area contributed by atoms with Crippen LogP contribution in [0.4, 0.5) is 0 Å². The zero-order valence-electron chi connectivity index (χ0n) is 33.2. The quantitative estimate of drug-likeness (QED) is 0.153. The van der Waals surface area contributed by atoms with Crippen molar-refractivity contribution in [1.82, 2.24) is 18.9 Å². The summed E-state index contributed by atoms with van der Waals surface area (Å²) in [5.74, 6) is 3.11. The molecule has 4 aromatic heterocycles. The third kappa shape index (κ3) is 5.52. The summed E-state index contributed by atoms with van der Waals surface area (Å²) in [5, 5.41) is 5.69. The van der Waals surface area contributed by atoms with Crippen LogP contribution in [0.2, 0.25) is 0 Å². The van der Waals surface area contributed by atoms with Gasteiger partial charge in [0.05, 0.1) is 28.4 Å². The molecule has 4 heterocycles. The van der Waals surface area contributed by atoms with E-state index in [1.807, 2.05) is 18.3 Å². The lowest BCUT2D eigenvalue weighted by molar-refractivity contribution is 0.486. The van der Waals surface area contributed by atoms with Crippen molar-refractivity contribution in [1.29, 1.82) is 0 Å². The van der Waals surface area contributed by atoms with Crippen LogP contribution in [-0.4, -0.2) is 18.9 Å². The fourth-order valence-electron chi connectivity index (χ4n) is 9.09. The lowest BCUT2D eigenvalue weighted by atomic mass is 9.87. The predicted octanol–water partition coefficient (Wildman–Crippen LogP) is 14.1. The van der Waals surface area contributed by atoms with E-state index >= 15 is 0 Å². The van der Waals surface area contributed by atoms with Crippen molar-refractivity contribution in [3.63, 3.8) is 0 Å². The molecule has 6 aromatic carbocycles. The zero-order valence-corrected chi connectivity index (χ0v) is 33.2. The molecular weight excluding hydrogens is 697 g/mol. The van der Waals surface area contributed by atoms with Gasteiger partial charge in [-0.05, 0) is 107 Å². The van der Waals surface area contributed by atoms with Crippen molar-refractivity contribution in [3.05, 3.63) is 168 Å². The molecule has 0 N–H and O–H groups in total. The van der Waals surface area contributed by atoms with Crippen molar-refractivity contribution in [2.45, 2.75) is 53.4 Å². The first-order valence-corrected chi connectivity index (χ1v) is 20.0. The van der Waals surface area contributed by atoms with E-state index < -0.39 is 0 Å². The molecule has 0 fully saturated rings. The highest BCUT2D eigenvalue weighted by Gasteiger charge is 2.24. The van der Waals surface area contributed by atoms with Crippen molar-refractivity contribution in [2.75, 3.05) is 0 Å². The van der Waals surface area contributed by atoms with Crippen LogP contribution in [0.15, 0.2) is 146 Å². The molecule has 0 aliphatic carbocycles. The van der Waals surface area contributed by atoms with Crippen LogP contribution in [0.25, 0.3) is 77.3 Å². The van der Waals surface area contributed by atoms with Gasteiger partial charge in [0, 0.05) is 44.9 Å². The molecule has 0 bridgehead atoms. The minimum absolute atomic E-state index is 0.351. The summed E-state index contributed by atoms with van der Waals surface area (Å²) >= 11 is 0. The molecular formula is C52H44N4O. The van der Waals surface area contributed by atoms with Crippen molar-refractivity contribution >= 4 is 49.1 Å². The molecule has 0 aliphatic heterocycles. The molecule has 0 atom stereocenters. The van der Waals surface area contributed by atoms with Gasteiger partial charge in [0.25, 0.3) is 0 Å². The number of imidazole rings is 1. The predicted molar refractivity (Wildman–Crippen MR) is 237 cm³/mol. The summed E-state index contributed by atoms with van der Waals surface area (Å²) in [6, 6.07) is 47.6. The van der Waals surface area contributed by atoms with Gasteiger partial charge >= 0.3 is 0 Å². The summed E-state index contributed by atoms with van der Waals surface area (Å²) < 4.78 is 11.8. The Hall–Kier alpha value is -6.72. The van der Waals surface area contributed by atoms with Crippen LogP contribution in [0.3, 0.4) is 0 Å². The average molecular weight is 741 g/mol. The highest BCUT2D eigenvalue weighted by Crippen LogP contribution is 2.45. The molecule has 57 heavy (non-hydrogen) atoms. The molecule has 10 rings (SSSR count). The van der Waals surface area contributed by atoms with Gasteiger partial charge in [0.2, 0.25) is 0 Å². The Morgan fingerprint density at radius 1 is 0.526 bits per heavy atom. The number of ether oxygens (including phenoxy) is 1. The number of fused-ring (bicyclic) bond motifs is 9. The van der Waals surface area contributed by atoms with Gasteiger partial charge in [-0.2, -0.15) is 0 Å². The van der Waals surface area contributed by atoms with Crippen molar-refractivity contribution in [3.8, 4) is 39.7 Å². The van der Waals surface area contributed by atoms with Gasteiger partial charge in [0.1, 0.15) is 23.0 Å². The van der Waals surface area contributed by atoms with Gasteiger partial charge in [-0.3, -0.25) is 8.97 Å². The largest absolute Gasteiger partial charge is 0.457 e. The van der Waals surface area contributed by atoms with Crippen molar-refractivity contribution in [2.24, 2.45) is 0 Å². The summed E-state index contributed by atoms with van der Waals surface area (Å²) in [6.45, 7) is 13.5. The SMILES string of the molecule is Cc1cccc(C)c1-c1cc2c3ccccc3n3c(-c4c(C(C)C)cccc4C(C)C)cnc3c2cc1Oc1ccc2c3ccccc3n(-c3ccccn3)c2c1. The third-order valence-electron chi connectivity index (χ3n) is 11.7. The van der Waals surface area contributed by atoms with Crippen LogP contribution < -0.4 is 4.74 Å². The molecule has 0 radical (unpaired) electrons. The maximum atomic E-state index is 7.16. The second kappa shape index (κ2) is 13.5. The van der Waals surface area contributed by atoms with Gasteiger partial charge in [-0.1, -0.05) is 107 Å². The fraction of sp³-hybridized carbons (Fsp3) is 0.154. The van der Waals surface area contributed by atoms with E-state index in [0.29, 0.717) is 11.8 Å². The second-order valence-corrected chi connectivity index (χ2v) is 15.9. The lowest BCUT2D eigenvalue weighted by Crippen LogP contribution is -2.03. The maximum Gasteiger partial charge on any atom is 0.145 e. The van der Waals surface area contributed by atoms with Crippen LogP contribution in [-0.2, 0) is 0 Å². The Kier molecular flexibility index (Phi) is 8.22. The van der Waals surface area contributed by atoms with E-state index in [2.05, 4.69) is 178 Å². The number of nitrogens with zero attached hydrogens (tertiary/aromatic N) is 4. The number of rotatable bonds is 7. The summed E-state index contributed by atoms with van der Waals surface area (Å²) in [6.07, 6.45) is 3.93. The molecule has 0 saturated carbocycles. The Labute approximate surface area is 332 Å². The number of pyridine rings is 2. The number of hydrogen-bond donors (Lipinski definition) is 0. The number of hydrogen-bond acceptors (Lipinski definition) is 3. The Morgan fingerprint density at radius 3 is 1.88 bits per heavy atom. The maximum absolute atomic E-state index is 7.16. The van der Waals surface area contributed by atoms with Gasteiger partial charge < -0.3 is 4.74 Å². The Morgan fingerprint density at radius 2 is 1.18 bits per heavy atom. The first-order valence-electron chi connectivity index (χ1n) is 20.0. The Balaban J connectivity index is 1.26. The van der Waals surface area contributed by atoms with E-state index in [1.54, 1.807) is 0 Å². The smallest absolute Gasteiger partial charge is 0.145 e. The van der Waals surface area contributed by atoms with Crippen LogP contribution in [0.1, 0.15) is 61.8 Å². The summed E-state index contributed by atoms with van der Waals surface area (Å²) in [4.78, 5) is 10.0. The molecule has 5 nitrogen and oxygen atoms in total. The normalized spacial score (nSPS) is 12.0. The third-order valence-corrected chi connectivity index (χ3v) is 11.7. The van der Waals surface area contributed by atoms with Crippen LogP contribution in [0.5, 0.6) is 11.5 Å². The van der Waals surface area contributed by atoms with Gasteiger partial charge in [0.15, 0.2) is 0 Å². The lowest BCUT2D eigenvalue weighted by Gasteiger charge is -2.21. The molecule has 0 spiro atoms. The minimum atomic E-state index is 0.351. The number of para-hydroxylation sites is 2. The molecule has 0 aliphatic rings. The van der Waals surface area contributed by atoms with Crippen LogP contribution >= 0.6 is 0 Å². The fourth-order valence-corrected chi connectivity index (χ4v) is 9.09. The number of benzene rings is 6. The summed E-state index contributed by atoms with van der Waals surface area (Å²) in [5.41, 5.74) is 13.9.